The largest absolute Gasteiger partial charge is 0.468 e. The molecule has 0 fully saturated rings. The van der Waals surface area contributed by atoms with E-state index in [2.05, 4.69) is 20.3 Å². The van der Waals surface area contributed by atoms with E-state index in [0.717, 1.165) is 11.4 Å². The van der Waals surface area contributed by atoms with Gasteiger partial charge in [-0.3, -0.25) is 14.3 Å². The summed E-state index contributed by atoms with van der Waals surface area (Å²) in [7, 11) is 1.25. The lowest BCUT2D eigenvalue weighted by atomic mass is 10.4. The second-order valence-electron chi connectivity index (χ2n) is 4.63. The molecule has 2 aromatic heterocycles. The van der Waals surface area contributed by atoms with Crippen molar-refractivity contribution >= 4 is 23.5 Å². The average molecular weight is 326 g/mol. The highest BCUT2D eigenvalue weighted by Crippen LogP contribution is 2.18. The van der Waals surface area contributed by atoms with Gasteiger partial charge in [-0.05, 0) is 19.9 Å². The minimum atomic E-state index is -0.523. The van der Waals surface area contributed by atoms with Gasteiger partial charge in [-0.25, -0.2) is 4.68 Å². The standard InChI is InChI=1S/C13H16ClN5O3/c1-8-12(14)9(2)19(16-8)7-18-5-4-10(17-18)13(21)15-6-11(20)22-3/h4-5H,6-7H2,1-3H3,(H,15,21). The summed E-state index contributed by atoms with van der Waals surface area (Å²) in [5, 5.41) is 11.5. The number of amides is 1. The summed E-state index contributed by atoms with van der Waals surface area (Å²) in [5.74, 6) is -0.972. The van der Waals surface area contributed by atoms with Crippen LogP contribution in [0.5, 0.6) is 0 Å². The number of aromatic nitrogens is 4. The Morgan fingerprint density at radius 2 is 2.09 bits per heavy atom. The van der Waals surface area contributed by atoms with Gasteiger partial charge in [-0.15, -0.1) is 0 Å². The second kappa shape index (κ2) is 6.61. The van der Waals surface area contributed by atoms with Gasteiger partial charge >= 0.3 is 5.97 Å². The maximum Gasteiger partial charge on any atom is 0.325 e. The van der Waals surface area contributed by atoms with E-state index in [1.54, 1.807) is 21.6 Å². The molecule has 8 nitrogen and oxygen atoms in total. The van der Waals surface area contributed by atoms with E-state index in [1.165, 1.54) is 7.11 Å². The fourth-order valence-corrected chi connectivity index (χ4v) is 1.96. The SMILES string of the molecule is COC(=O)CNC(=O)c1ccn(Cn2nc(C)c(Cl)c2C)n1. The van der Waals surface area contributed by atoms with Crippen molar-refractivity contribution in [1.82, 2.24) is 24.9 Å². The van der Waals surface area contributed by atoms with Crippen molar-refractivity contribution in [2.45, 2.75) is 20.5 Å². The molecule has 1 N–H and O–H groups in total. The Labute approximate surface area is 132 Å². The summed E-state index contributed by atoms with van der Waals surface area (Å²) in [6.07, 6.45) is 1.65. The summed E-state index contributed by atoms with van der Waals surface area (Å²) in [6.45, 7) is 3.81. The number of carbonyl (C=O) groups excluding carboxylic acids is 2. The first-order chi connectivity index (χ1) is 10.4. The van der Waals surface area contributed by atoms with E-state index in [0.29, 0.717) is 11.7 Å². The lowest BCUT2D eigenvalue weighted by Crippen LogP contribution is -2.30. The van der Waals surface area contributed by atoms with Crippen LogP contribution in [-0.2, 0) is 16.2 Å². The van der Waals surface area contributed by atoms with E-state index in [-0.39, 0.29) is 12.2 Å². The van der Waals surface area contributed by atoms with Crippen LogP contribution in [0.2, 0.25) is 5.02 Å². The van der Waals surface area contributed by atoms with Crippen molar-refractivity contribution in [3.05, 3.63) is 34.4 Å². The van der Waals surface area contributed by atoms with Crippen LogP contribution in [0.3, 0.4) is 0 Å². The molecule has 2 rings (SSSR count). The molecule has 118 valence electrons. The van der Waals surface area contributed by atoms with Crippen LogP contribution in [0.4, 0.5) is 0 Å². The first-order valence-electron chi connectivity index (χ1n) is 6.50. The van der Waals surface area contributed by atoms with Gasteiger partial charge in [0.15, 0.2) is 0 Å². The number of esters is 1. The number of methoxy groups -OCH3 is 1. The first-order valence-corrected chi connectivity index (χ1v) is 6.88. The molecular weight excluding hydrogens is 310 g/mol. The third-order valence-electron chi connectivity index (χ3n) is 3.07. The molecule has 0 saturated heterocycles. The molecule has 0 unspecified atom stereocenters. The maximum absolute atomic E-state index is 11.8. The normalized spacial score (nSPS) is 10.5. The van der Waals surface area contributed by atoms with E-state index in [4.69, 9.17) is 11.6 Å². The number of carbonyl (C=O) groups is 2. The summed E-state index contributed by atoms with van der Waals surface area (Å²) < 4.78 is 7.70. The van der Waals surface area contributed by atoms with Crippen LogP contribution in [0.15, 0.2) is 12.3 Å². The zero-order valence-electron chi connectivity index (χ0n) is 12.5. The molecule has 9 heteroatoms. The number of rotatable bonds is 5. The quantitative estimate of drug-likeness (QED) is 0.819. The van der Waals surface area contributed by atoms with Crippen molar-refractivity contribution in [1.29, 1.82) is 0 Å². The van der Waals surface area contributed by atoms with Crippen LogP contribution in [0.25, 0.3) is 0 Å². The maximum atomic E-state index is 11.8. The van der Waals surface area contributed by atoms with Crippen molar-refractivity contribution in [3.8, 4) is 0 Å². The molecule has 0 atom stereocenters. The van der Waals surface area contributed by atoms with Crippen LogP contribution in [-0.4, -0.2) is 45.1 Å². The van der Waals surface area contributed by atoms with Gasteiger partial charge in [0.05, 0.1) is 23.5 Å². The number of hydrogen-bond donors (Lipinski definition) is 1. The van der Waals surface area contributed by atoms with Crippen LogP contribution in [0, 0.1) is 13.8 Å². The van der Waals surface area contributed by atoms with Gasteiger partial charge in [0.25, 0.3) is 5.91 Å². The summed E-state index contributed by atoms with van der Waals surface area (Å²) in [6, 6.07) is 1.56. The minimum Gasteiger partial charge on any atom is -0.468 e. The molecule has 1 amide bonds. The van der Waals surface area contributed by atoms with Crippen LogP contribution < -0.4 is 5.32 Å². The number of ether oxygens (including phenoxy) is 1. The van der Waals surface area contributed by atoms with E-state index < -0.39 is 11.9 Å². The molecule has 2 aromatic rings. The third-order valence-corrected chi connectivity index (χ3v) is 3.61. The summed E-state index contributed by atoms with van der Waals surface area (Å²) in [5.41, 5.74) is 1.77. The predicted molar refractivity (Wildman–Crippen MR) is 78.7 cm³/mol. The van der Waals surface area contributed by atoms with Crippen molar-refractivity contribution < 1.29 is 14.3 Å². The third kappa shape index (κ3) is 3.45. The Balaban J connectivity index is 2.03. The molecule has 22 heavy (non-hydrogen) atoms. The number of hydrogen-bond acceptors (Lipinski definition) is 5. The Kier molecular flexibility index (Phi) is 4.81. The molecule has 0 aliphatic carbocycles. The minimum absolute atomic E-state index is 0.199. The van der Waals surface area contributed by atoms with Crippen LogP contribution in [0.1, 0.15) is 21.9 Å². The topological polar surface area (TPSA) is 91.0 Å². The molecule has 0 saturated carbocycles. The highest BCUT2D eigenvalue weighted by atomic mass is 35.5. The molecule has 2 heterocycles. The van der Waals surface area contributed by atoms with Gasteiger partial charge < -0.3 is 10.1 Å². The van der Waals surface area contributed by atoms with Gasteiger partial charge in [0.1, 0.15) is 18.9 Å². The lowest BCUT2D eigenvalue weighted by Gasteiger charge is -2.04. The summed E-state index contributed by atoms with van der Waals surface area (Å²) in [4.78, 5) is 22.8. The second-order valence-corrected chi connectivity index (χ2v) is 5.00. The molecule has 0 spiro atoms. The van der Waals surface area contributed by atoms with Gasteiger partial charge in [-0.2, -0.15) is 10.2 Å². The Morgan fingerprint density at radius 1 is 1.36 bits per heavy atom. The van der Waals surface area contributed by atoms with Crippen molar-refractivity contribution in [2.75, 3.05) is 13.7 Å². The molecule has 0 aliphatic rings. The average Bonchev–Trinajstić information content (AvgIpc) is 3.06. The zero-order valence-corrected chi connectivity index (χ0v) is 13.2. The highest BCUT2D eigenvalue weighted by Gasteiger charge is 2.13. The predicted octanol–water partition coefficient (Wildman–Crippen LogP) is 0.758. The van der Waals surface area contributed by atoms with Crippen LogP contribution >= 0.6 is 11.6 Å². The molecular formula is C13H16ClN5O3. The Bertz CT molecular complexity index is 707. The molecule has 0 bridgehead atoms. The summed E-state index contributed by atoms with van der Waals surface area (Å²) >= 11 is 6.08. The smallest absolute Gasteiger partial charge is 0.325 e. The lowest BCUT2D eigenvalue weighted by molar-refractivity contribution is -0.139. The Morgan fingerprint density at radius 3 is 2.68 bits per heavy atom. The molecule has 0 aromatic carbocycles. The number of aryl methyl sites for hydroxylation is 1. The zero-order chi connectivity index (χ0) is 16.3. The fourth-order valence-electron chi connectivity index (χ4n) is 1.83. The molecule has 0 radical (unpaired) electrons. The van der Waals surface area contributed by atoms with E-state index in [1.807, 2.05) is 13.8 Å². The van der Waals surface area contributed by atoms with Crippen molar-refractivity contribution in [3.63, 3.8) is 0 Å². The van der Waals surface area contributed by atoms with Gasteiger partial charge in [0, 0.05) is 6.20 Å². The first kappa shape index (κ1) is 16.0. The van der Waals surface area contributed by atoms with E-state index in [9.17, 15) is 9.59 Å². The number of nitrogens with zero attached hydrogens (tertiary/aromatic N) is 4. The molecule has 0 aliphatic heterocycles. The monoisotopic (exact) mass is 325 g/mol. The number of halogens is 1. The van der Waals surface area contributed by atoms with Gasteiger partial charge in [-0.1, -0.05) is 11.6 Å². The highest BCUT2D eigenvalue weighted by molar-refractivity contribution is 6.31. The number of nitrogens with one attached hydrogen (secondary N) is 1. The van der Waals surface area contributed by atoms with Crippen molar-refractivity contribution in [2.24, 2.45) is 0 Å². The van der Waals surface area contributed by atoms with Gasteiger partial charge in [0.2, 0.25) is 0 Å². The Hall–Kier alpha value is -2.35. The fraction of sp³-hybridized carbons (Fsp3) is 0.385. The van der Waals surface area contributed by atoms with E-state index >= 15 is 0 Å².